The number of nitrogens with zero attached hydrogens (tertiary/aromatic N) is 2. The van der Waals surface area contributed by atoms with Crippen molar-refractivity contribution < 1.29 is 14.6 Å². The van der Waals surface area contributed by atoms with Crippen molar-refractivity contribution >= 4 is 5.91 Å². The summed E-state index contributed by atoms with van der Waals surface area (Å²) < 4.78 is 5.97. The molecule has 2 heterocycles. The third kappa shape index (κ3) is 5.03. The SMILES string of the molecule is CCCCCCOc1ccc(C2c3c(-c4cc(C)cc(C)c4O)n[nH]c3C(=O)N2Cc2ccccc2)cc1. The van der Waals surface area contributed by atoms with E-state index in [0.29, 0.717) is 30.1 Å². The molecule has 6 heteroatoms. The Balaban J connectivity index is 1.52. The number of phenols is 1. The number of hydrogen-bond donors (Lipinski definition) is 2. The molecule has 6 nitrogen and oxygen atoms in total. The molecule has 5 rings (SSSR count). The molecular formula is C32H35N3O3. The maximum Gasteiger partial charge on any atom is 0.273 e. The summed E-state index contributed by atoms with van der Waals surface area (Å²) in [6.07, 6.45) is 4.63. The number of unbranched alkanes of at least 4 members (excludes halogenated alkanes) is 3. The van der Waals surface area contributed by atoms with E-state index in [1.807, 2.05) is 85.5 Å². The molecule has 196 valence electrons. The topological polar surface area (TPSA) is 78.5 Å². The number of H-pyrrole nitrogens is 1. The van der Waals surface area contributed by atoms with Gasteiger partial charge in [0.25, 0.3) is 5.91 Å². The van der Waals surface area contributed by atoms with Gasteiger partial charge in [-0.1, -0.05) is 74.7 Å². The third-order valence-corrected chi connectivity index (χ3v) is 7.22. The first-order chi connectivity index (χ1) is 18.5. The molecule has 0 saturated carbocycles. The lowest BCUT2D eigenvalue weighted by atomic mass is 9.94. The van der Waals surface area contributed by atoms with Crippen LogP contribution in [0.2, 0.25) is 0 Å². The highest BCUT2D eigenvalue weighted by atomic mass is 16.5. The van der Waals surface area contributed by atoms with Crippen molar-refractivity contribution in [1.82, 2.24) is 15.1 Å². The van der Waals surface area contributed by atoms with Gasteiger partial charge in [-0.3, -0.25) is 9.89 Å². The molecule has 38 heavy (non-hydrogen) atoms. The van der Waals surface area contributed by atoms with E-state index in [1.54, 1.807) is 0 Å². The van der Waals surface area contributed by atoms with Gasteiger partial charge in [-0.2, -0.15) is 5.10 Å². The van der Waals surface area contributed by atoms with Crippen LogP contribution in [0.5, 0.6) is 11.5 Å². The number of aryl methyl sites for hydroxylation is 2. The zero-order valence-corrected chi connectivity index (χ0v) is 22.3. The number of aromatic nitrogens is 2. The number of carbonyl (C=O) groups excluding carboxylic acids is 1. The largest absolute Gasteiger partial charge is 0.507 e. The zero-order chi connectivity index (χ0) is 26.6. The van der Waals surface area contributed by atoms with E-state index in [4.69, 9.17) is 4.74 Å². The van der Waals surface area contributed by atoms with Gasteiger partial charge in [-0.25, -0.2) is 0 Å². The van der Waals surface area contributed by atoms with Crippen LogP contribution in [0.15, 0.2) is 66.7 Å². The van der Waals surface area contributed by atoms with Crippen LogP contribution in [0.3, 0.4) is 0 Å². The van der Waals surface area contributed by atoms with E-state index < -0.39 is 0 Å². The first-order valence-corrected chi connectivity index (χ1v) is 13.4. The molecule has 0 aliphatic carbocycles. The first-order valence-electron chi connectivity index (χ1n) is 13.4. The number of fused-ring (bicyclic) bond motifs is 1. The smallest absolute Gasteiger partial charge is 0.273 e. The van der Waals surface area contributed by atoms with E-state index in [1.165, 1.54) is 19.3 Å². The predicted molar refractivity (Wildman–Crippen MR) is 149 cm³/mol. The molecule has 0 radical (unpaired) electrons. The standard InChI is InChI=1S/C32H35N3O3/c1-4-5-6-10-17-38-25-15-13-24(14-16-25)30-27-28(26-19-21(2)18-22(3)31(26)36)33-34-29(27)32(37)35(30)20-23-11-8-7-9-12-23/h7-9,11-16,18-19,30,36H,4-6,10,17,20H2,1-3H3,(H,33,34). The number of rotatable bonds is 10. The summed E-state index contributed by atoms with van der Waals surface area (Å²) >= 11 is 0. The van der Waals surface area contributed by atoms with Gasteiger partial charge in [-0.15, -0.1) is 0 Å². The fourth-order valence-electron chi connectivity index (χ4n) is 5.30. The number of benzene rings is 3. The Morgan fingerprint density at radius 2 is 1.76 bits per heavy atom. The highest BCUT2D eigenvalue weighted by molar-refractivity contribution is 6.00. The molecule has 0 fully saturated rings. The van der Waals surface area contributed by atoms with E-state index in [0.717, 1.165) is 40.0 Å². The van der Waals surface area contributed by atoms with Crippen molar-refractivity contribution in [3.05, 3.63) is 100 Å². The van der Waals surface area contributed by atoms with Gasteiger partial charge in [-0.05, 0) is 60.7 Å². The molecule has 1 atom stereocenters. The Morgan fingerprint density at radius 1 is 1.00 bits per heavy atom. The van der Waals surface area contributed by atoms with Crippen molar-refractivity contribution in [3.8, 4) is 22.8 Å². The summed E-state index contributed by atoms with van der Waals surface area (Å²) in [6.45, 7) is 7.23. The molecule has 4 aromatic rings. The minimum atomic E-state index is -0.356. The van der Waals surface area contributed by atoms with Crippen molar-refractivity contribution in [2.24, 2.45) is 0 Å². The van der Waals surface area contributed by atoms with Crippen LogP contribution >= 0.6 is 0 Å². The normalized spacial score (nSPS) is 14.7. The molecule has 3 aromatic carbocycles. The summed E-state index contributed by atoms with van der Waals surface area (Å²) in [6, 6.07) is 21.5. The Labute approximate surface area is 224 Å². The quantitative estimate of drug-likeness (QED) is 0.223. The van der Waals surface area contributed by atoms with E-state index in [-0.39, 0.29) is 17.7 Å². The van der Waals surface area contributed by atoms with Crippen LogP contribution in [0, 0.1) is 13.8 Å². The second-order valence-corrected chi connectivity index (χ2v) is 10.1. The Kier molecular flexibility index (Phi) is 7.50. The number of amides is 1. The summed E-state index contributed by atoms with van der Waals surface area (Å²) in [4.78, 5) is 15.6. The Bertz CT molecular complexity index is 1410. The number of phenolic OH excluding ortho intramolecular Hbond substituents is 1. The van der Waals surface area contributed by atoms with Crippen molar-refractivity contribution in [2.45, 2.75) is 59.0 Å². The molecule has 0 spiro atoms. The number of aromatic hydroxyl groups is 1. The van der Waals surface area contributed by atoms with Crippen LogP contribution in [0.25, 0.3) is 11.3 Å². The lowest BCUT2D eigenvalue weighted by Crippen LogP contribution is -2.29. The molecule has 1 aliphatic heterocycles. The molecular weight excluding hydrogens is 474 g/mol. The molecule has 0 bridgehead atoms. The maximum atomic E-state index is 13.7. The van der Waals surface area contributed by atoms with Gasteiger partial charge >= 0.3 is 0 Å². The average Bonchev–Trinajstić information content (AvgIpc) is 3.46. The molecule has 1 aromatic heterocycles. The number of aromatic amines is 1. The van der Waals surface area contributed by atoms with Crippen molar-refractivity contribution in [1.29, 1.82) is 0 Å². The molecule has 0 saturated heterocycles. The van der Waals surface area contributed by atoms with Gasteiger partial charge < -0.3 is 14.7 Å². The summed E-state index contributed by atoms with van der Waals surface area (Å²) in [7, 11) is 0. The number of nitrogens with one attached hydrogen (secondary N) is 1. The van der Waals surface area contributed by atoms with Crippen LogP contribution < -0.4 is 4.74 Å². The predicted octanol–water partition coefficient (Wildman–Crippen LogP) is 7.10. The lowest BCUT2D eigenvalue weighted by molar-refractivity contribution is 0.0730. The lowest BCUT2D eigenvalue weighted by Gasteiger charge is -2.27. The third-order valence-electron chi connectivity index (χ3n) is 7.22. The van der Waals surface area contributed by atoms with E-state index in [9.17, 15) is 9.90 Å². The highest BCUT2D eigenvalue weighted by Gasteiger charge is 2.42. The average molecular weight is 510 g/mol. The van der Waals surface area contributed by atoms with Crippen LogP contribution in [0.4, 0.5) is 0 Å². The number of ether oxygens (including phenoxy) is 1. The van der Waals surface area contributed by atoms with Crippen LogP contribution in [-0.4, -0.2) is 32.7 Å². The fourth-order valence-corrected chi connectivity index (χ4v) is 5.30. The monoisotopic (exact) mass is 509 g/mol. The highest BCUT2D eigenvalue weighted by Crippen LogP contribution is 2.46. The zero-order valence-electron chi connectivity index (χ0n) is 22.3. The Hall–Kier alpha value is -4.06. The van der Waals surface area contributed by atoms with E-state index in [2.05, 4.69) is 17.1 Å². The second-order valence-electron chi connectivity index (χ2n) is 10.1. The summed E-state index contributed by atoms with van der Waals surface area (Å²) in [5.74, 6) is 0.904. The van der Waals surface area contributed by atoms with E-state index >= 15 is 0 Å². The van der Waals surface area contributed by atoms with Gasteiger partial charge in [0.2, 0.25) is 0 Å². The summed E-state index contributed by atoms with van der Waals surface area (Å²) in [5, 5.41) is 18.5. The molecule has 1 aliphatic rings. The van der Waals surface area contributed by atoms with Gasteiger partial charge in [0, 0.05) is 17.7 Å². The fraction of sp³-hybridized carbons (Fsp3) is 0.312. The molecule has 2 N–H and O–H groups in total. The minimum absolute atomic E-state index is 0.104. The van der Waals surface area contributed by atoms with Crippen LogP contribution in [0.1, 0.15) is 77.0 Å². The van der Waals surface area contributed by atoms with Gasteiger partial charge in [0.1, 0.15) is 22.9 Å². The second kappa shape index (κ2) is 11.1. The van der Waals surface area contributed by atoms with Crippen molar-refractivity contribution in [3.63, 3.8) is 0 Å². The van der Waals surface area contributed by atoms with Crippen molar-refractivity contribution in [2.75, 3.05) is 6.61 Å². The van der Waals surface area contributed by atoms with Gasteiger partial charge in [0.05, 0.1) is 12.6 Å². The number of carbonyl (C=O) groups is 1. The molecule has 1 amide bonds. The Morgan fingerprint density at radius 3 is 2.50 bits per heavy atom. The minimum Gasteiger partial charge on any atom is -0.507 e. The first kappa shape index (κ1) is 25.6. The number of hydrogen-bond acceptors (Lipinski definition) is 4. The van der Waals surface area contributed by atoms with Gasteiger partial charge in [0.15, 0.2) is 0 Å². The summed E-state index contributed by atoms with van der Waals surface area (Å²) in [5.41, 5.74) is 6.31. The van der Waals surface area contributed by atoms with Crippen LogP contribution in [-0.2, 0) is 6.54 Å². The maximum absolute atomic E-state index is 13.7. The molecule has 1 unspecified atom stereocenters.